The third-order valence-electron chi connectivity index (χ3n) is 5.86. The maximum absolute atomic E-state index is 2.74. The Morgan fingerprint density at radius 3 is 1.79 bits per heavy atom. The first-order chi connectivity index (χ1) is 11.8. The normalized spacial score (nSPS) is 24.2. The van der Waals surface area contributed by atoms with Crippen molar-refractivity contribution in [3.63, 3.8) is 0 Å². The van der Waals surface area contributed by atoms with Gasteiger partial charge in [0.05, 0.1) is 8.80 Å². The molecule has 0 N–H and O–H groups in total. The van der Waals surface area contributed by atoms with E-state index < -0.39 is 8.80 Å². The standard InChI is InChI=1S/C21H42N2Si/c1-24(20-12-18-22-14-8-4-2-5-9-15-22)21-13-19-23-16-10-6-3-7-11-17-23/h12,20,24H,2-11,13-19,21H2,1H3. The summed E-state index contributed by atoms with van der Waals surface area (Å²) in [7, 11) is -0.620. The molecule has 0 aromatic heterocycles. The number of hydrogen-bond donors (Lipinski definition) is 0. The SMILES string of the molecule is C[SiH](C=CCN1CCCCCCC1)CCCN1CCCCCCC1. The van der Waals surface area contributed by atoms with E-state index in [2.05, 4.69) is 28.1 Å². The second kappa shape index (κ2) is 13.1. The lowest BCUT2D eigenvalue weighted by Crippen LogP contribution is -2.29. The molecule has 1 unspecified atom stereocenters. The van der Waals surface area contributed by atoms with Crippen molar-refractivity contribution in [3.8, 4) is 0 Å². The summed E-state index contributed by atoms with van der Waals surface area (Å²) < 4.78 is 0. The first-order valence-corrected chi connectivity index (χ1v) is 13.6. The van der Waals surface area contributed by atoms with Gasteiger partial charge in [0.15, 0.2) is 0 Å². The van der Waals surface area contributed by atoms with Gasteiger partial charge in [-0.05, 0) is 64.8 Å². The Kier molecular flexibility index (Phi) is 11.0. The van der Waals surface area contributed by atoms with Crippen LogP contribution in [0.5, 0.6) is 0 Å². The minimum Gasteiger partial charge on any atom is -0.303 e. The molecule has 0 bridgehead atoms. The van der Waals surface area contributed by atoms with Crippen LogP contribution in [0.4, 0.5) is 0 Å². The summed E-state index contributed by atoms with van der Waals surface area (Å²) in [5.74, 6) is 0. The average Bonchev–Trinajstić information content (AvgIpc) is 2.51. The molecule has 1 atom stereocenters. The van der Waals surface area contributed by atoms with Crippen molar-refractivity contribution in [2.24, 2.45) is 0 Å². The van der Waals surface area contributed by atoms with Crippen LogP contribution >= 0.6 is 0 Å². The van der Waals surface area contributed by atoms with Crippen molar-refractivity contribution >= 4 is 8.80 Å². The molecule has 0 spiro atoms. The first-order valence-electron chi connectivity index (χ1n) is 11.0. The van der Waals surface area contributed by atoms with Crippen molar-refractivity contribution in [1.29, 1.82) is 0 Å². The van der Waals surface area contributed by atoms with Crippen molar-refractivity contribution in [2.75, 3.05) is 39.3 Å². The van der Waals surface area contributed by atoms with E-state index in [1.54, 1.807) is 0 Å². The second-order valence-electron chi connectivity index (χ2n) is 8.23. The molecule has 3 heteroatoms. The topological polar surface area (TPSA) is 6.48 Å². The highest BCUT2D eigenvalue weighted by Gasteiger charge is 2.09. The fraction of sp³-hybridized carbons (Fsp3) is 0.905. The van der Waals surface area contributed by atoms with Crippen LogP contribution in [-0.4, -0.2) is 57.9 Å². The summed E-state index contributed by atoms with van der Waals surface area (Å²) in [6.07, 6.45) is 18.4. The molecule has 0 amide bonds. The molecular formula is C21H42N2Si. The number of nitrogens with zero attached hydrogens (tertiary/aromatic N) is 2. The fourth-order valence-corrected chi connectivity index (χ4v) is 5.81. The van der Waals surface area contributed by atoms with E-state index in [-0.39, 0.29) is 0 Å². The maximum Gasteiger partial charge on any atom is 0.0581 e. The molecule has 2 aliphatic heterocycles. The van der Waals surface area contributed by atoms with Crippen LogP contribution in [0.2, 0.25) is 12.6 Å². The van der Waals surface area contributed by atoms with Crippen LogP contribution < -0.4 is 0 Å². The second-order valence-corrected chi connectivity index (χ2v) is 11.1. The van der Waals surface area contributed by atoms with Crippen LogP contribution in [0.25, 0.3) is 0 Å². The van der Waals surface area contributed by atoms with Gasteiger partial charge in [0.1, 0.15) is 0 Å². The molecule has 0 radical (unpaired) electrons. The Balaban J connectivity index is 1.55. The molecule has 2 aliphatic rings. The molecule has 140 valence electrons. The van der Waals surface area contributed by atoms with E-state index in [4.69, 9.17) is 0 Å². The zero-order valence-corrected chi connectivity index (χ0v) is 17.5. The molecule has 0 saturated carbocycles. The fourth-order valence-electron chi connectivity index (χ4n) is 4.21. The molecule has 2 saturated heterocycles. The number of hydrogen-bond acceptors (Lipinski definition) is 2. The molecule has 2 fully saturated rings. The van der Waals surface area contributed by atoms with Crippen molar-refractivity contribution in [2.45, 2.75) is 83.2 Å². The summed E-state index contributed by atoms with van der Waals surface area (Å²) in [5.41, 5.74) is 2.62. The van der Waals surface area contributed by atoms with Crippen molar-refractivity contribution < 1.29 is 0 Å². The summed E-state index contributed by atoms with van der Waals surface area (Å²) in [4.78, 5) is 5.42. The third kappa shape index (κ3) is 9.38. The van der Waals surface area contributed by atoms with Gasteiger partial charge in [-0.3, -0.25) is 4.90 Å². The molecular weight excluding hydrogens is 308 g/mol. The van der Waals surface area contributed by atoms with Gasteiger partial charge in [0.2, 0.25) is 0 Å². The van der Waals surface area contributed by atoms with E-state index in [1.807, 2.05) is 0 Å². The van der Waals surface area contributed by atoms with Gasteiger partial charge in [0.25, 0.3) is 0 Å². The summed E-state index contributed by atoms with van der Waals surface area (Å²) >= 11 is 0. The van der Waals surface area contributed by atoms with Crippen LogP contribution in [0.3, 0.4) is 0 Å². The largest absolute Gasteiger partial charge is 0.303 e. The molecule has 2 heterocycles. The number of likely N-dealkylation sites (tertiary alicyclic amines) is 2. The smallest absolute Gasteiger partial charge is 0.0581 e. The Morgan fingerprint density at radius 2 is 1.21 bits per heavy atom. The first kappa shape index (κ1) is 20.2. The molecule has 2 rings (SSSR count). The Labute approximate surface area is 153 Å². The van der Waals surface area contributed by atoms with Gasteiger partial charge in [-0.2, -0.15) is 0 Å². The average molecular weight is 351 g/mol. The third-order valence-corrected chi connectivity index (χ3v) is 8.11. The lowest BCUT2D eigenvalue weighted by Gasteiger charge is -2.24. The Hall–Kier alpha value is -0.123. The van der Waals surface area contributed by atoms with Gasteiger partial charge < -0.3 is 4.90 Å². The van der Waals surface area contributed by atoms with Crippen molar-refractivity contribution in [3.05, 3.63) is 11.8 Å². The van der Waals surface area contributed by atoms with Crippen LogP contribution in [0.1, 0.15) is 70.6 Å². The van der Waals surface area contributed by atoms with E-state index in [1.165, 1.54) is 116 Å². The van der Waals surface area contributed by atoms with Crippen molar-refractivity contribution in [1.82, 2.24) is 9.80 Å². The van der Waals surface area contributed by atoms with Crippen LogP contribution in [-0.2, 0) is 0 Å². The minimum absolute atomic E-state index is 0.620. The summed E-state index contributed by atoms with van der Waals surface area (Å²) in [6.45, 7) is 10.5. The highest BCUT2D eigenvalue weighted by atomic mass is 28.3. The Bertz CT molecular complexity index is 316. The maximum atomic E-state index is 2.74. The lowest BCUT2D eigenvalue weighted by atomic mass is 10.1. The van der Waals surface area contributed by atoms with Crippen LogP contribution in [0.15, 0.2) is 11.8 Å². The summed E-state index contributed by atoms with van der Waals surface area (Å²) in [5, 5.41) is 0. The molecule has 0 aromatic rings. The molecule has 0 aromatic carbocycles. The molecule has 2 nitrogen and oxygen atoms in total. The van der Waals surface area contributed by atoms with E-state index in [0.717, 1.165) is 0 Å². The monoisotopic (exact) mass is 350 g/mol. The predicted molar refractivity (Wildman–Crippen MR) is 111 cm³/mol. The Morgan fingerprint density at radius 1 is 0.708 bits per heavy atom. The zero-order valence-electron chi connectivity index (χ0n) is 16.4. The molecule has 0 aliphatic carbocycles. The van der Waals surface area contributed by atoms with Gasteiger partial charge in [0, 0.05) is 6.54 Å². The summed E-state index contributed by atoms with van der Waals surface area (Å²) in [6, 6.07) is 1.49. The highest BCUT2D eigenvalue weighted by molar-refractivity contribution is 6.62. The van der Waals surface area contributed by atoms with Gasteiger partial charge >= 0.3 is 0 Å². The minimum atomic E-state index is -0.620. The van der Waals surface area contributed by atoms with E-state index >= 15 is 0 Å². The highest BCUT2D eigenvalue weighted by Crippen LogP contribution is 2.12. The number of rotatable bonds is 7. The van der Waals surface area contributed by atoms with Gasteiger partial charge in [-0.1, -0.05) is 57.2 Å². The van der Waals surface area contributed by atoms with Gasteiger partial charge in [-0.15, -0.1) is 5.70 Å². The van der Waals surface area contributed by atoms with Crippen LogP contribution in [0, 0.1) is 0 Å². The zero-order chi connectivity index (χ0) is 16.9. The van der Waals surface area contributed by atoms with E-state index in [9.17, 15) is 0 Å². The van der Waals surface area contributed by atoms with Gasteiger partial charge in [-0.25, -0.2) is 0 Å². The predicted octanol–water partition coefficient (Wildman–Crippen LogP) is 4.86. The molecule has 24 heavy (non-hydrogen) atoms. The lowest BCUT2D eigenvalue weighted by molar-refractivity contribution is 0.248. The quantitative estimate of drug-likeness (QED) is 0.605. The van der Waals surface area contributed by atoms with E-state index in [0.29, 0.717) is 0 Å².